The van der Waals surface area contributed by atoms with Crippen LogP contribution in [0.15, 0.2) is 6.33 Å². The molecule has 0 radical (unpaired) electrons. The second-order valence-corrected chi connectivity index (χ2v) is 5.53. The zero-order valence-corrected chi connectivity index (χ0v) is 12.2. The molecule has 5 nitrogen and oxygen atoms in total. The van der Waals surface area contributed by atoms with Crippen LogP contribution in [-0.4, -0.2) is 37.2 Å². The summed E-state index contributed by atoms with van der Waals surface area (Å²) in [5.41, 5.74) is 0.197. The van der Waals surface area contributed by atoms with Gasteiger partial charge in [0.25, 0.3) is 0 Å². The molecule has 1 rings (SSSR count). The molecule has 0 saturated heterocycles. The zero-order chi connectivity index (χ0) is 13.8. The van der Waals surface area contributed by atoms with Crippen LogP contribution in [0.2, 0.25) is 0 Å². The third kappa shape index (κ3) is 3.75. The molecule has 0 unspecified atom stereocenters. The first-order valence-electron chi connectivity index (χ1n) is 6.23. The van der Waals surface area contributed by atoms with Gasteiger partial charge in [0.15, 0.2) is 11.6 Å². The highest BCUT2D eigenvalue weighted by molar-refractivity contribution is 5.64. The van der Waals surface area contributed by atoms with Crippen LogP contribution in [-0.2, 0) is 0 Å². The average Bonchev–Trinajstić information content (AvgIpc) is 2.27. The number of anilines is 2. The molecule has 0 atom stereocenters. The fourth-order valence-corrected chi connectivity index (χ4v) is 1.90. The summed E-state index contributed by atoms with van der Waals surface area (Å²) in [6.07, 6.45) is 1.56. The van der Waals surface area contributed by atoms with E-state index in [1.165, 1.54) is 0 Å². The van der Waals surface area contributed by atoms with Gasteiger partial charge in [-0.3, -0.25) is 0 Å². The largest absolute Gasteiger partial charge is 0.490 e. The fraction of sp³-hybridized carbons (Fsp3) is 0.692. The van der Waals surface area contributed by atoms with Crippen LogP contribution in [0.5, 0.6) is 5.75 Å². The Labute approximate surface area is 110 Å². The van der Waals surface area contributed by atoms with Crippen molar-refractivity contribution in [3.05, 3.63) is 6.33 Å². The van der Waals surface area contributed by atoms with Crippen molar-refractivity contribution in [2.75, 3.05) is 37.5 Å². The molecule has 0 fully saturated rings. The van der Waals surface area contributed by atoms with Gasteiger partial charge in [0, 0.05) is 20.1 Å². The normalized spacial score (nSPS) is 11.2. The molecule has 1 aromatic heterocycles. The molecule has 0 aromatic carbocycles. The van der Waals surface area contributed by atoms with E-state index in [2.05, 4.69) is 41.0 Å². The molecule has 0 aliphatic carbocycles. The molecule has 5 heteroatoms. The Kier molecular flexibility index (Phi) is 4.76. The van der Waals surface area contributed by atoms with Crippen LogP contribution < -0.4 is 15.0 Å². The van der Waals surface area contributed by atoms with Crippen LogP contribution in [0.25, 0.3) is 0 Å². The van der Waals surface area contributed by atoms with E-state index in [1.807, 2.05) is 14.0 Å². The van der Waals surface area contributed by atoms with Crippen molar-refractivity contribution < 1.29 is 4.74 Å². The van der Waals surface area contributed by atoms with Gasteiger partial charge in [-0.2, -0.15) is 0 Å². The van der Waals surface area contributed by atoms with E-state index in [4.69, 9.17) is 4.74 Å². The monoisotopic (exact) mass is 252 g/mol. The van der Waals surface area contributed by atoms with Crippen LogP contribution >= 0.6 is 0 Å². The maximum Gasteiger partial charge on any atom is 0.204 e. The van der Waals surface area contributed by atoms with Gasteiger partial charge in [-0.15, -0.1) is 0 Å². The summed E-state index contributed by atoms with van der Waals surface area (Å²) >= 11 is 0. The third-order valence-corrected chi connectivity index (χ3v) is 2.41. The molecule has 18 heavy (non-hydrogen) atoms. The second kappa shape index (κ2) is 5.89. The van der Waals surface area contributed by atoms with Gasteiger partial charge in [-0.25, -0.2) is 9.97 Å². The second-order valence-electron chi connectivity index (χ2n) is 5.53. The summed E-state index contributed by atoms with van der Waals surface area (Å²) < 4.78 is 5.44. The topological polar surface area (TPSA) is 50.3 Å². The molecular formula is C13H24N4O. The minimum absolute atomic E-state index is 0.197. The molecule has 1 aromatic rings. The number of aromatic nitrogens is 2. The van der Waals surface area contributed by atoms with Gasteiger partial charge in [0.2, 0.25) is 5.75 Å². The lowest BCUT2D eigenvalue weighted by Gasteiger charge is -2.28. The molecule has 0 aliphatic rings. The number of hydrogen-bond acceptors (Lipinski definition) is 5. The number of nitrogens with one attached hydrogen (secondary N) is 1. The Bertz CT molecular complexity index is 387. The summed E-state index contributed by atoms with van der Waals surface area (Å²) in [4.78, 5) is 10.6. The highest BCUT2D eigenvalue weighted by Crippen LogP contribution is 2.32. The molecule has 0 amide bonds. The van der Waals surface area contributed by atoms with Crippen molar-refractivity contribution in [3.8, 4) is 5.75 Å². The Balaban J connectivity index is 3.04. The Morgan fingerprint density at radius 3 is 2.50 bits per heavy atom. The van der Waals surface area contributed by atoms with Crippen LogP contribution in [0, 0.1) is 5.41 Å². The van der Waals surface area contributed by atoms with E-state index in [1.54, 1.807) is 13.4 Å². The van der Waals surface area contributed by atoms with Crippen molar-refractivity contribution in [1.82, 2.24) is 9.97 Å². The highest BCUT2D eigenvalue weighted by atomic mass is 16.5. The smallest absolute Gasteiger partial charge is 0.204 e. The molecule has 102 valence electrons. The number of rotatable bonds is 5. The Morgan fingerprint density at radius 1 is 1.33 bits per heavy atom. The zero-order valence-electron chi connectivity index (χ0n) is 12.2. The number of hydrogen-bond donors (Lipinski definition) is 1. The summed E-state index contributed by atoms with van der Waals surface area (Å²) in [5.74, 6) is 2.26. The first-order chi connectivity index (χ1) is 8.39. The first-order valence-corrected chi connectivity index (χ1v) is 6.23. The molecule has 0 bridgehead atoms. The van der Waals surface area contributed by atoms with Crippen LogP contribution in [0.3, 0.4) is 0 Å². The minimum atomic E-state index is 0.197. The van der Waals surface area contributed by atoms with Gasteiger partial charge >= 0.3 is 0 Å². The number of nitrogens with zero attached hydrogens (tertiary/aromatic N) is 3. The van der Waals surface area contributed by atoms with Gasteiger partial charge < -0.3 is 15.0 Å². The van der Waals surface area contributed by atoms with Crippen LogP contribution in [0.4, 0.5) is 11.6 Å². The van der Waals surface area contributed by atoms with E-state index in [0.717, 1.165) is 24.7 Å². The predicted octanol–water partition coefficient (Wildman–Crippen LogP) is 2.40. The SMILES string of the molecule is CCNc1ncnc(N(C)CC(C)(C)C)c1OC. The van der Waals surface area contributed by atoms with Gasteiger partial charge in [-0.05, 0) is 12.3 Å². The van der Waals surface area contributed by atoms with Gasteiger partial charge in [0.05, 0.1) is 7.11 Å². The summed E-state index contributed by atoms with van der Waals surface area (Å²) in [6, 6.07) is 0. The van der Waals surface area contributed by atoms with E-state index < -0.39 is 0 Å². The number of methoxy groups -OCH3 is 1. The molecule has 0 saturated carbocycles. The van der Waals surface area contributed by atoms with Crippen molar-refractivity contribution in [3.63, 3.8) is 0 Å². The van der Waals surface area contributed by atoms with Crippen molar-refractivity contribution in [2.45, 2.75) is 27.7 Å². The fourth-order valence-electron chi connectivity index (χ4n) is 1.90. The Hall–Kier alpha value is -1.52. The quantitative estimate of drug-likeness (QED) is 0.872. The van der Waals surface area contributed by atoms with E-state index in [0.29, 0.717) is 5.75 Å². The highest BCUT2D eigenvalue weighted by Gasteiger charge is 2.19. The molecule has 0 spiro atoms. The number of ether oxygens (including phenoxy) is 1. The maximum atomic E-state index is 5.44. The van der Waals surface area contributed by atoms with Crippen LogP contribution in [0.1, 0.15) is 27.7 Å². The first kappa shape index (κ1) is 14.5. The lowest BCUT2D eigenvalue weighted by molar-refractivity contribution is 0.398. The minimum Gasteiger partial charge on any atom is -0.490 e. The third-order valence-electron chi connectivity index (χ3n) is 2.41. The molecule has 0 aliphatic heterocycles. The average molecular weight is 252 g/mol. The Morgan fingerprint density at radius 2 is 2.00 bits per heavy atom. The van der Waals surface area contributed by atoms with E-state index in [-0.39, 0.29) is 5.41 Å². The van der Waals surface area contributed by atoms with E-state index >= 15 is 0 Å². The lowest BCUT2D eigenvalue weighted by Crippen LogP contribution is -2.30. The van der Waals surface area contributed by atoms with Crippen molar-refractivity contribution in [1.29, 1.82) is 0 Å². The molecular weight excluding hydrogens is 228 g/mol. The van der Waals surface area contributed by atoms with Gasteiger partial charge in [-0.1, -0.05) is 20.8 Å². The predicted molar refractivity (Wildman–Crippen MR) is 75.5 cm³/mol. The standard InChI is InChI=1S/C13H24N4O/c1-7-14-11-10(18-6)12(16-9-15-11)17(5)8-13(2,3)4/h9H,7-8H2,1-6H3,(H,14,15,16). The summed E-state index contributed by atoms with van der Waals surface area (Å²) in [5, 5.41) is 3.18. The molecule has 1 heterocycles. The molecule has 1 N–H and O–H groups in total. The van der Waals surface area contributed by atoms with Gasteiger partial charge in [0.1, 0.15) is 6.33 Å². The lowest BCUT2D eigenvalue weighted by atomic mass is 9.96. The van der Waals surface area contributed by atoms with E-state index in [9.17, 15) is 0 Å². The summed E-state index contributed by atoms with van der Waals surface area (Å²) in [6.45, 7) is 10.3. The van der Waals surface area contributed by atoms with Crippen molar-refractivity contribution in [2.24, 2.45) is 5.41 Å². The summed E-state index contributed by atoms with van der Waals surface area (Å²) in [7, 11) is 3.67. The maximum absolute atomic E-state index is 5.44. The van der Waals surface area contributed by atoms with Crippen molar-refractivity contribution >= 4 is 11.6 Å².